The molecule has 0 unspecified atom stereocenters. The summed E-state index contributed by atoms with van der Waals surface area (Å²) in [6.07, 6.45) is 9.00. The van der Waals surface area contributed by atoms with Gasteiger partial charge in [-0.25, -0.2) is 4.79 Å². The van der Waals surface area contributed by atoms with Gasteiger partial charge in [0.2, 0.25) is 0 Å². The molecule has 0 spiro atoms. The van der Waals surface area contributed by atoms with Crippen LogP contribution in [0.2, 0.25) is 0 Å². The van der Waals surface area contributed by atoms with Crippen LogP contribution >= 0.6 is 11.8 Å². The number of thioether (sulfide) groups is 1. The van der Waals surface area contributed by atoms with Gasteiger partial charge in [-0.05, 0) is 54.0 Å². The zero-order chi connectivity index (χ0) is 18.7. The minimum atomic E-state index is -1.98. The number of pyridine rings is 1. The Bertz CT molecular complexity index is 650. The van der Waals surface area contributed by atoms with Gasteiger partial charge in [-0.2, -0.15) is 11.8 Å². The third-order valence-corrected chi connectivity index (χ3v) is 6.85. The Balaban J connectivity index is 1.73. The lowest BCUT2D eigenvalue weighted by molar-refractivity contribution is -0.160. The smallest absolute Gasteiger partial charge is 0.337 e. The average molecular weight is 379 g/mol. The van der Waals surface area contributed by atoms with Crippen molar-refractivity contribution >= 4 is 17.7 Å². The molecule has 6 heteroatoms. The predicted octanol–water partition coefficient (Wildman–Crippen LogP) is 2.43. The average Bonchev–Trinajstić information content (AvgIpc) is 3.35. The second kappa shape index (κ2) is 8.28. The maximum atomic E-state index is 11.8. The summed E-state index contributed by atoms with van der Waals surface area (Å²) in [5.41, 5.74) is 7.20. The molecule has 3 atom stereocenters. The van der Waals surface area contributed by atoms with E-state index in [1.165, 1.54) is 31.2 Å². The van der Waals surface area contributed by atoms with Crippen molar-refractivity contribution in [1.82, 2.24) is 4.98 Å². The van der Waals surface area contributed by atoms with Crippen LogP contribution in [0.3, 0.4) is 0 Å². The lowest BCUT2D eigenvalue weighted by Gasteiger charge is -2.30. The van der Waals surface area contributed by atoms with E-state index >= 15 is 0 Å². The number of aliphatic carboxylic acids is 1. The number of rotatable bonds is 10. The van der Waals surface area contributed by atoms with Crippen LogP contribution in [-0.2, 0) is 24.1 Å². The lowest BCUT2D eigenvalue weighted by atomic mass is 9.88. The third kappa shape index (κ3) is 4.41. The first-order chi connectivity index (χ1) is 12.4. The van der Waals surface area contributed by atoms with Crippen LogP contribution in [0.1, 0.15) is 49.4 Å². The van der Waals surface area contributed by atoms with E-state index in [-0.39, 0.29) is 6.42 Å². The largest absolute Gasteiger partial charge is 0.479 e. The number of carboxylic acid groups (broad SMARTS) is 1. The van der Waals surface area contributed by atoms with E-state index in [9.17, 15) is 15.0 Å². The number of carboxylic acids is 1. The van der Waals surface area contributed by atoms with E-state index < -0.39 is 17.6 Å². The van der Waals surface area contributed by atoms with Crippen molar-refractivity contribution in [3.8, 4) is 0 Å². The van der Waals surface area contributed by atoms with Crippen molar-refractivity contribution in [3.05, 3.63) is 29.1 Å². The van der Waals surface area contributed by atoms with Gasteiger partial charge in [-0.3, -0.25) is 4.98 Å². The molecule has 0 bridgehead atoms. The molecule has 0 saturated heterocycles. The number of fused-ring (bicyclic) bond motifs is 1. The van der Waals surface area contributed by atoms with Crippen molar-refractivity contribution in [1.29, 1.82) is 0 Å². The van der Waals surface area contributed by atoms with E-state index in [0.717, 1.165) is 30.1 Å². The molecule has 1 fully saturated rings. The van der Waals surface area contributed by atoms with Gasteiger partial charge in [0.05, 0.1) is 6.04 Å². The summed E-state index contributed by atoms with van der Waals surface area (Å²) in [4.78, 5) is 16.2. The van der Waals surface area contributed by atoms with Crippen molar-refractivity contribution in [2.45, 2.75) is 63.5 Å². The van der Waals surface area contributed by atoms with Crippen LogP contribution in [0.5, 0.6) is 0 Å². The molecule has 144 valence electrons. The third-order valence-electron chi connectivity index (χ3n) is 5.85. The highest BCUT2D eigenvalue weighted by Gasteiger charge is 2.44. The quantitative estimate of drug-likeness (QED) is 0.579. The zero-order valence-corrected chi connectivity index (χ0v) is 16.3. The summed E-state index contributed by atoms with van der Waals surface area (Å²) in [6.45, 7) is 1.99. The Morgan fingerprint density at radius 1 is 1.38 bits per heavy atom. The fraction of sp³-hybridized carbons (Fsp3) is 0.700. The number of hydrogen-bond acceptors (Lipinski definition) is 5. The molecule has 0 aliphatic heterocycles. The summed E-state index contributed by atoms with van der Waals surface area (Å²) < 4.78 is 0. The highest BCUT2D eigenvalue weighted by molar-refractivity contribution is 7.99. The highest BCUT2D eigenvalue weighted by atomic mass is 32.2. The number of carbonyl (C=O) groups is 1. The summed E-state index contributed by atoms with van der Waals surface area (Å²) in [7, 11) is 0. The minimum absolute atomic E-state index is 0.0215. The summed E-state index contributed by atoms with van der Waals surface area (Å²) in [6, 6.07) is 1.22. The van der Waals surface area contributed by atoms with Crippen LogP contribution in [0, 0.1) is 11.8 Å². The maximum Gasteiger partial charge on any atom is 0.337 e. The first kappa shape index (κ1) is 19.6. The van der Waals surface area contributed by atoms with Crippen molar-refractivity contribution in [2.24, 2.45) is 17.6 Å². The Labute approximate surface area is 159 Å². The van der Waals surface area contributed by atoms with Gasteiger partial charge in [-0.15, -0.1) is 0 Å². The molecule has 2 aliphatic carbocycles. The fourth-order valence-electron chi connectivity index (χ4n) is 3.93. The van der Waals surface area contributed by atoms with Crippen LogP contribution in [0.15, 0.2) is 12.3 Å². The monoisotopic (exact) mass is 378 g/mol. The lowest BCUT2D eigenvalue weighted by Crippen LogP contribution is -2.57. The molecule has 1 aromatic rings. The molecule has 0 amide bonds. The molecule has 1 saturated carbocycles. The van der Waals surface area contributed by atoms with Crippen LogP contribution < -0.4 is 5.73 Å². The maximum absolute atomic E-state index is 11.8. The highest BCUT2D eigenvalue weighted by Crippen LogP contribution is 2.38. The second-order valence-corrected chi connectivity index (χ2v) is 9.18. The molecule has 0 aromatic carbocycles. The first-order valence-corrected chi connectivity index (χ1v) is 10.8. The van der Waals surface area contributed by atoms with Gasteiger partial charge in [0, 0.05) is 24.1 Å². The molecule has 3 rings (SSSR count). The Morgan fingerprint density at radius 3 is 2.77 bits per heavy atom. The van der Waals surface area contributed by atoms with Gasteiger partial charge in [0.15, 0.2) is 5.60 Å². The fourth-order valence-corrected chi connectivity index (χ4v) is 4.70. The minimum Gasteiger partial charge on any atom is -0.479 e. The number of aromatic nitrogens is 1. The Kier molecular flexibility index (Phi) is 6.25. The Morgan fingerprint density at radius 2 is 2.12 bits per heavy atom. The van der Waals surface area contributed by atoms with Crippen LogP contribution in [0.25, 0.3) is 0 Å². The van der Waals surface area contributed by atoms with Crippen molar-refractivity contribution in [2.75, 3.05) is 11.5 Å². The van der Waals surface area contributed by atoms with E-state index in [2.05, 4.69) is 4.98 Å². The molecule has 2 aliphatic rings. The van der Waals surface area contributed by atoms with Crippen LogP contribution in [-0.4, -0.2) is 44.3 Å². The molecular formula is C20H30N2O3S. The molecule has 0 radical (unpaired) electrons. The summed E-state index contributed by atoms with van der Waals surface area (Å²) in [5, 5.41) is 20.5. The second-order valence-electron chi connectivity index (χ2n) is 7.86. The van der Waals surface area contributed by atoms with E-state index in [4.69, 9.17) is 5.73 Å². The number of hydrogen-bond donors (Lipinski definition) is 3. The van der Waals surface area contributed by atoms with Gasteiger partial charge in [0.1, 0.15) is 0 Å². The molecule has 5 nitrogen and oxygen atoms in total. The van der Waals surface area contributed by atoms with Gasteiger partial charge >= 0.3 is 5.97 Å². The van der Waals surface area contributed by atoms with Crippen LogP contribution in [0.4, 0.5) is 0 Å². The van der Waals surface area contributed by atoms with E-state index in [1.54, 1.807) is 18.0 Å². The standard InChI is InChI=1S/C20H30N2O3S/c1-2-26-12-18(21)20(25,19(23)24)11-17-16-10-14(6-5-13-3-4-13)9-15(16)7-8-22-17/h7-8,13-14,18,25H,2-6,9-12,21H2,1H3,(H,23,24)/t14-,18-,20+/m0/s1. The molecule has 4 N–H and O–H groups in total. The van der Waals surface area contributed by atoms with Gasteiger partial charge in [-0.1, -0.05) is 26.2 Å². The number of nitrogens with two attached hydrogens (primary N) is 1. The normalized spacial score (nSPS) is 22.7. The van der Waals surface area contributed by atoms with Crippen molar-refractivity contribution in [3.63, 3.8) is 0 Å². The van der Waals surface area contributed by atoms with Gasteiger partial charge < -0.3 is 15.9 Å². The zero-order valence-electron chi connectivity index (χ0n) is 15.5. The summed E-state index contributed by atoms with van der Waals surface area (Å²) >= 11 is 1.54. The molecule has 1 heterocycles. The van der Waals surface area contributed by atoms with Gasteiger partial charge in [0.25, 0.3) is 0 Å². The molecule has 1 aromatic heterocycles. The molecule has 26 heavy (non-hydrogen) atoms. The predicted molar refractivity (Wildman–Crippen MR) is 104 cm³/mol. The topological polar surface area (TPSA) is 96.4 Å². The molecular weight excluding hydrogens is 348 g/mol. The SMILES string of the molecule is CCSC[C@H](N)[C@](O)(Cc1nccc2c1C[C@@H](CCC1CC1)C2)C(=O)O. The number of nitrogens with zero attached hydrogens (tertiary/aromatic N) is 1. The first-order valence-electron chi connectivity index (χ1n) is 9.68. The number of aliphatic hydroxyl groups is 1. The van der Waals surface area contributed by atoms with E-state index in [0.29, 0.717) is 17.4 Å². The Hall–Kier alpha value is -1.11. The summed E-state index contributed by atoms with van der Waals surface area (Å²) in [5.74, 6) is 1.55. The van der Waals surface area contributed by atoms with Crippen molar-refractivity contribution < 1.29 is 15.0 Å². The van der Waals surface area contributed by atoms with E-state index in [1.807, 2.05) is 13.0 Å².